The SMILES string of the molecule is CCOc1cc(Br)c(/C=C2\SC(=O)N(CC(=O)Nc3cccc(C(F)(F)F)c3)C2=O)cc1OCC. The van der Waals surface area contributed by atoms with Crippen molar-refractivity contribution < 1.29 is 37.0 Å². The first kappa shape index (κ1) is 26.6. The van der Waals surface area contributed by atoms with Crippen molar-refractivity contribution in [1.82, 2.24) is 4.90 Å². The normalized spacial score (nSPS) is 15.0. The van der Waals surface area contributed by atoms with Crippen molar-refractivity contribution in [3.63, 3.8) is 0 Å². The average molecular weight is 573 g/mol. The number of hydrogen-bond acceptors (Lipinski definition) is 6. The van der Waals surface area contributed by atoms with Crippen LogP contribution in [0, 0.1) is 0 Å². The van der Waals surface area contributed by atoms with Crippen LogP contribution in [0.5, 0.6) is 11.5 Å². The number of thioether (sulfide) groups is 1. The molecule has 0 unspecified atom stereocenters. The fraction of sp³-hybridized carbons (Fsp3) is 0.261. The number of amides is 3. The number of carbonyl (C=O) groups is 3. The summed E-state index contributed by atoms with van der Waals surface area (Å²) >= 11 is 4.06. The first-order chi connectivity index (χ1) is 16.5. The summed E-state index contributed by atoms with van der Waals surface area (Å²) in [5.74, 6) is -0.534. The van der Waals surface area contributed by atoms with E-state index in [1.807, 2.05) is 13.8 Å². The van der Waals surface area contributed by atoms with Crippen molar-refractivity contribution >= 4 is 56.5 Å². The fourth-order valence-electron chi connectivity index (χ4n) is 3.09. The number of ether oxygens (including phenoxy) is 2. The number of halogens is 4. The van der Waals surface area contributed by atoms with Gasteiger partial charge in [-0.2, -0.15) is 13.2 Å². The summed E-state index contributed by atoms with van der Waals surface area (Å²) in [6.07, 6.45) is -3.09. The van der Waals surface area contributed by atoms with Crippen LogP contribution in [0.3, 0.4) is 0 Å². The van der Waals surface area contributed by atoms with Gasteiger partial charge in [-0.1, -0.05) is 22.0 Å². The number of nitrogens with one attached hydrogen (secondary N) is 1. The molecule has 0 aliphatic carbocycles. The summed E-state index contributed by atoms with van der Waals surface area (Å²) in [6, 6.07) is 7.41. The van der Waals surface area contributed by atoms with E-state index in [-0.39, 0.29) is 10.6 Å². The minimum Gasteiger partial charge on any atom is -0.490 e. The molecule has 0 radical (unpaired) electrons. The van der Waals surface area contributed by atoms with Gasteiger partial charge in [-0.3, -0.25) is 19.3 Å². The molecule has 0 saturated carbocycles. The second-order valence-corrected chi connectivity index (χ2v) is 8.93. The highest BCUT2D eigenvalue weighted by atomic mass is 79.9. The number of carbonyl (C=O) groups excluding carboxylic acids is 3. The molecule has 3 rings (SSSR count). The van der Waals surface area contributed by atoms with Crippen molar-refractivity contribution in [3.05, 3.63) is 56.9 Å². The van der Waals surface area contributed by atoms with E-state index in [0.29, 0.717) is 46.5 Å². The number of imide groups is 1. The molecule has 1 N–H and O–H groups in total. The Morgan fingerprint density at radius 2 is 1.77 bits per heavy atom. The second-order valence-electron chi connectivity index (χ2n) is 7.08. The highest BCUT2D eigenvalue weighted by Gasteiger charge is 2.36. The minimum absolute atomic E-state index is 0.0779. The third-order valence-electron chi connectivity index (χ3n) is 4.60. The highest BCUT2D eigenvalue weighted by molar-refractivity contribution is 9.10. The van der Waals surface area contributed by atoms with Crippen molar-refractivity contribution in [1.29, 1.82) is 0 Å². The van der Waals surface area contributed by atoms with E-state index in [4.69, 9.17) is 9.47 Å². The zero-order valence-corrected chi connectivity index (χ0v) is 21.0. The van der Waals surface area contributed by atoms with Crippen LogP contribution in [-0.4, -0.2) is 41.7 Å². The van der Waals surface area contributed by atoms with Crippen molar-refractivity contribution in [2.75, 3.05) is 25.1 Å². The molecular weight excluding hydrogens is 553 g/mol. The Balaban J connectivity index is 1.76. The molecule has 0 bridgehead atoms. The third-order valence-corrected chi connectivity index (χ3v) is 6.19. The first-order valence-corrected chi connectivity index (χ1v) is 12.0. The molecule has 2 aromatic rings. The van der Waals surface area contributed by atoms with Crippen molar-refractivity contribution in [3.8, 4) is 11.5 Å². The number of hydrogen-bond donors (Lipinski definition) is 1. The largest absolute Gasteiger partial charge is 0.490 e. The maximum absolute atomic E-state index is 12.9. The Morgan fingerprint density at radius 1 is 1.11 bits per heavy atom. The van der Waals surface area contributed by atoms with Crippen molar-refractivity contribution in [2.45, 2.75) is 20.0 Å². The van der Waals surface area contributed by atoms with Gasteiger partial charge in [-0.05, 0) is 67.6 Å². The van der Waals surface area contributed by atoms with Gasteiger partial charge in [0, 0.05) is 10.2 Å². The van der Waals surface area contributed by atoms with Crippen LogP contribution in [0.2, 0.25) is 0 Å². The van der Waals surface area contributed by atoms with Gasteiger partial charge >= 0.3 is 6.18 Å². The maximum Gasteiger partial charge on any atom is 0.416 e. The minimum atomic E-state index is -4.57. The lowest BCUT2D eigenvalue weighted by Crippen LogP contribution is -2.36. The molecule has 1 aliphatic heterocycles. The Hall–Kier alpha value is -2.99. The first-order valence-electron chi connectivity index (χ1n) is 10.3. The number of benzene rings is 2. The van der Waals surface area contributed by atoms with E-state index >= 15 is 0 Å². The van der Waals surface area contributed by atoms with Crippen LogP contribution in [-0.2, 0) is 15.8 Å². The predicted octanol–water partition coefficient (Wildman–Crippen LogP) is 5.94. The fourth-order valence-corrected chi connectivity index (χ4v) is 4.36. The molecule has 0 aromatic heterocycles. The molecule has 1 aliphatic rings. The smallest absolute Gasteiger partial charge is 0.416 e. The molecule has 12 heteroatoms. The number of rotatable bonds is 8. The van der Waals surface area contributed by atoms with Gasteiger partial charge in [0.05, 0.1) is 23.7 Å². The summed E-state index contributed by atoms with van der Waals surface area (Å²) in [5, 5.41) is 1.61. The van der Waals surface area contributed by atoms with Gasteiger partial charge in [-0.15, -0.1) is 0 Å². The van der Waals surface area contributed by atoms with E-state index in [2.05, 4.69) is 21.2 Å². The Bertz CT molecular complexity index is 1190. The topological polar surface area (TPSA) is 84.9 Å². The summed E-state index contributed by atoms with van der Waals surface area (Å²) < 4.78 is 50.4. The van der Waals surface area contributed by atoms with Crippen LogP contribution in [0.1, 0.15) is 25.0 Å². The zero-order valence-electron chi connectivity index (χ0n) is 18.6. The molecule has 7 nitrogen and oxygen atoms in total. The zero-order chi connectivity index (χ0) is 25.8. The molecule has 0 atom stereocenters. The molecular formula is C23H20BrF3N2O5S. The lowest BCUT2D eigenvalue weighted by Gasteiger charge is -2.14. The van der Waals surface area contributed by atoms with Gasteiger partial charge in [0.1, 0.15) is 6.54 Å². The van der Waals surface area contributed by atoms with Gasteiger partial charge in [0.25, 0.3) is 11.1 Å². The molecule has 35 heavy (non-hydrogen) atoms. The molecule has 1 heterocycles. The average Bonchev–Trinajstić information content (AvgIpc) is 3.04. The van der Waals surface area contributed by atoms with Crippen LogP contribution in [0.4, 0.5) is 23.7 Å². The number of nitrogens with zero attached hydrogens (tertiary/aromatic N) is 1. The quantitative estimate of drug-likeness (QED) is 0.394. The van der Waals surface area contributed by atoms with E-state index in [1.54, 1.807) is 12.1 Å². The summed E-state index contributed by atoms with van der Waals surface area (Å²) in [4.78, 5) is 38.4. The molecule has 1 fully saturated rings. The molecule has 1 saturated heterocycles. The second kappa shape index (κ2) is 11.2. The standard InChI is InChI=1S/C23H20BrF3N2O5S/c1-3-33-17-8-13(16(24)11-18(17)34-4-2)9-19-21(31)29(22(32)35-19)12-20(30)28-15-7-5-6-14(10-15)23(25,26)27/h5-11H,3-4,12H2,1-2H3,(H,28,30)/b19-9-. The third kappa shape index (κ3) is 6.57. The van der Waals surface area contributed by atoms with Crippen LogP contribution in [0.15, 0.2) is 45.8 Å². The van der Waals surface area contributed by atoms with Gasteiger partial charge in [-0.25, -0.2) is 0 Å². The molecule has 3 amide bonds. The Labute approximate surface area is 211 Å². The predicted molar refractivity (Wildman–Crippen MR) is 129 cm³/mol. The van der Waals surface area contributed by atoms with Gasteiger partial charge in [0.2, 0.25) is 5.91 Å². The lowest BCUT2D eigenvalue weighted by molar-refractivity contribution is -0.137. The summed E-state index contributed by atoms with van der Waals surface area (Å²) in [5.41, 5.74) is -0.485. The van der Waals surface area contributed by atoms with Crippen molar-refractivity contribution in [2.24, 2.45) is 0 Å². The van der Waals surface area contributed by atoms with Gasteiger partial charge < -0.3 is 14.8 Å². The van der Waals surface area contributed by atoms with E-state index in [9.17, 15) is 27.6 Å². The highest BCUT2D eigenvalue weighted by Crippen LogP contribution is 2.38. The van der Waals surface area contributed by atoms with E-state index < -0.39 is 35.3 Å². The summed E-state index contributed by atoms with van der Waals surface area (Å²) in [6.45, 7) is 3.81. The summed E-state index contributed by atoms with van der Waals surface area (Å²) in [7, 11) is 0. The van der Waals surface area contributed by atoms with E-state index in [0.717, 1.165) is 23.1 Å². The van der Waals surface area contributed by atoms with Crippen LogP contribution in [0.25, 0.3) is 6.08 Å². The monoisotopic (exact) mass is 572 g/mol. The Kier molecular flexibility index (Phi) is 8.49. The van der Waals surface area contributed by atoms with Crippen LogP contribution >= 0.6 is 27.7 Å². The number of alkyl halides is 3. The van der Waals surface area contributed by atoms with Crippen LogP contribution < -0.4 is 14.8 Å². The Morgan fingerprint density at radius 3 is 2.40 bits per heavy atom. The maximum atomic E-state index is 12.9. The lowest BCUT2D eigenvalue weighted by atomic mass is 10.1. The molecule has 0 spiro atoms. The number of anilines is 1. The molecule has 186 valence electrons. The van der Waals surface area contributed by atoms with Gasteiger partial charge in [0.15, 0.2) is 11.5 Å². The molecule has 2 aromatic carbocycles. The van der Waals surface area contributed by atoms with E-state index in [1.165, 1.54) is 12.1 Å².